The fourth-order valence-electron chi connectivity index (χ4n) is 1.39. The Morgan fingerprint density at radius 1 is 1.35 bits per heavy atom. The first-order chi connectivity index (χ1) is 7.88. The zero-order valence-corrected chi connectivity index (χ0v) is 11.6. The van der Waals surface area contributed by atoms with Crippen LogP contribution in [0, 0.1) is 6.92 Å². The molecule has 0 amide bonds. The lowest BCUT2D eigenvalue weighted by Gasteiger charge is -2.11. The number of halogens is 1. The molecule has 0 unspecified atom stereocenters. The Labute approximate surface area is 108 Å². The highest BCUT2D eigenvalue weighted by Crippen LogP contribution is 2.28. The number of aromatic nitrogens is 2. The summed E-state index contributed by atoms with van der Waals surface area (Å²) in [5, 5.41) is 3.90. The highest BCUT2D eigenvalue weighted by molar-refractivity contribution is 9.10. The molecule has 0 saturated heterocycles. The van der Waals surface area contributed by atoms with Crippen LogP contribution in [0.1, 0.15) is 25.2 Å². The average molecular weight is 296 g/mol. The van der Waals surface area contributed by atoms with Crippen molar-refractivity contribution in [3.8, 4) is 11.5 Å². The van der Waals surface area contributed by atoms with E-state index in [9.17, 15) is 0 Å². The van der Waals surface area contributed by atoms with Crippen molar-refractivity contribution >= 4 is 15.9 Å². The second-order valence-electron chi connectivity index (χ2n) is 4.63. The van der Waals surface area contributed by atoms with Crippen LogP contribution in [-0.4, -0.2) is 10.1 Å². The second kappa shape index (κ2) is 4.23. The maximum absolute atomic E-state index is 5.91. The molecule has 1 aromatic carbocycles. The number of benzene rings is 1. The summed E-state index contributed by atoms with van der Waals surface area (Å²) in [6.45, 7) is 5.70. The maximum Gasteiger partial charge on any atom is 0.259 e. The van der Waals surface area contributed by atoms with Gasteiger partial charge in [0.05, 0.1) is 11.1 Å². The molecule has 17 heavy (non-hydrogen) atoms. The van der Waals surface area contributed by atoms with Gasteiger partial charge in [0.15, 0.2) is 5.82 Å². The van der Waals surface area contributed by atoms with Crippen LogP contribution in [0.4, 0.5) is 0 Å². The summed E-state index contributed by atoms with van der Waals surface area (Å²) in [5.74, 6) is 0.977. The Hall–Kier alpha value is -1.20. The zero-order valence-electron chi connectivity index (χ0n) is 9.99. The molecular formula is C12H14BrN3O. The van der Waals surface area contributed by atoms with E-state index in [1.807, 2.05) is 39.0 Å². The minimum atomic E-state index is -0.598. The van der Waals surface area contributed by atoms with E-state index in [1.165, 1.54) is 5.56 Å². The van der Waals surface area contributed by atoms with Gasteiger partial charge in [0.1, 0.15) is 0 Å². The molecule has 1 heterocycles. The summed E-state index contributed by atoms with van der Waals surface area (Å²) in [6, 6.07) is 5.95. The van der Waals surface area contributed by atoms with Crippen LogP contribution < -0.4 is 5.73 Å². The fraction of sp³-hybridized carbons (Fsp3) is 0.333. The van der Waals surface area contributed by atoms with E-state index in [0.717, 1.165) is 10.0 Å². The molecule has 2 aromatic rings. The summed E-state index contributed by atoms with van der Waals surface area (Å²) in [4.78, 5) is 4.31. The third-order valence-electron chi connectivity index (χ3n) is 2.36. The third kappa shape index (κ3) is 2.56. The largest absolute Gasteiger partial charge is 0.334 e. The zero-order chi connectivity index (χ0) is 12.6. The van der Waals surface area contributed by atoms with Crippen molar-refractivity contribution in [2.45, 2.75) is 26.3 Å². The first kappa shape index (κ1) is 12.3. The Bertz CT molecular complexity index is 543. The van der Waals surface area contributed by atoms with E-state index in [-0.39, 0.29) is 0 Å². The molecule has 0 atom stereocenters. The van der Waals surface area contributed by atoms with Crippen LogP contribution >= 0.6 is 15.9 Å². The number of hydrogen-bond acceptors (Lipinski definition) is 4. The third-order valence-corrected chi connectivity index (χ3v) is 3.01. The lowest BCUT2D eigenvalue weighted by molar-refractivity contribution is 0.397. The van der Waals surface area contributed by atoms with Crippen molar-refractivity contribution in [2.24, 2.45) is 5.73 Å². The number of rotatable bonds is 2. The van der Waals surface area contributed by atoms with Crippen LogP contribution in [-0.2, 0) is 5.54 Å². The molecule has 2 N–H and O–H groups in total. The van der Waals surface area contributed by atoms with E-state index >= 15 is 0 Å². The quantitative estimate of drug-likeness (QED) is 0.925. The van der Waals surface area contributed by atoms with E-state index in [4.69, 9.17) is 10.3 Å². The second-order valence-corrected chi connectivity index (χ2v) is 5.48. The molecule has 2 rings (SSSR count). The van der Waals surface area contributed by atoms with Crippen molar-refractivity contribution in [1.82, 2.24) is 10.1 Å². The highest BCUT2D eigenvalue weighted by atomic mass is 79.9. The predicted molar refractivity (Wildman–Crippen MR) is 69.4 cm³/mol. The van der Waals surface area contributed by atoms with Gasteiger partial charge in [0.2, 0.25) is 0 Å². The summed E-state index contributed by atoms with van der Waals surface area (Å²) in [5.41, 5.74) is 7.36. The number of nitrogens with zero attached hydrogens (tertiary/aromatic N) is 2. The van der Waals surface area contributed by atoms with Crippen molar-refractivity contribution in [3.63, 3.8) is 0 Å². The van der Waals surface area contributed by atoms with Gasteiger partial charge in [0.25, 0.3) is 5.89 Å². The Kier molecular flexibility index (Phi) is 3.05. The van der Waals surface area contributed by atoms with Crippen LogP contribution in [0.25, 0.3) is 11.5 Å². The molecule has 4 nitrogen and oxygen atoms in total. The molecule has 0 saturated carbocycles. The van der Waals surface area contributed by atoms with Crippen LogP contribution in [0.3, 0.4) is 0 Å². The molecule has 0 radical (unpaired) electrons. The number of hydrogen-bond donors (Lipinski definition) is 1. The summed E-state index contributed by atoms with van der Waals surface area (Å²) in [7, 11) is 0. The molecule has 0 aliphatic heterocycles. The van der Waals surface area contributed by atoms with Crippen LogP contribution in [0.5, 0.6) is 0 Å². The summed E-state index contributed by atoms with van der Waals surface area (Å²) in [6.07, 6.45) is 0. The van der Waals surface area contributed by atoms with Crippen molar-refractivity contribution in [2.75, 3.05) is 0 Å². The minimum Gasteiger partial charge on any atom is -0.334 e. The van der Waals surface area contributed by atoms with Gasteiger partial charge in [-0.05, 0) is 54.4 Å². The van der Waals surface area contributed by atoms with Crippen molar-refractivity contribution in [3.05, 3.63) is 34.1 Å². The predicted octanol–water partition coefficient (Wildman–Crippen LogP) is 3.00. The molecule has 0 bridgehead atoms. The van der Waals surface area contributed by atoms with E-state index in [1.54, 1.807) is 0 Å². The molecule has 0 spiro atoms. The minimum absolute atomic E-state index is 0.477. The van der Waals surface area contributed by atoms with Gasteiger partial charge < -0.3 is 10.3 Å². The van der Waals surface area contributed by atoms with Crippen LogP contribution in [0.15, 0.2) is 27.2 Å². The van der Waals surface area contributed by atoms with Crippen molar-refractivity contribution in [1.29, 1.82) is 0 Å². The molecule has 0 aliphatic rings. The monoisotopic (exact) mass is 295 g/mol. The highest BCUT2D eigenvalue weighted by Gasteiger charge is 2.22. The maximum atomic E-state index is 5.91. The molecule has 0 aliphatic carbocycles. The smallest absolute Gasteiger partial charge is 0.259 e. The first-order valence-corrected chi connectivity index (χ1v) is 6.07. The van der Waals surface area contributed by atoms with Crippen LogP contribution in [0.2, 0.25) is 0 Å². The topological polar surface area (TPSA) is 64.9 Å². The van der Waals surface area contributed by atoms with Gasteiger partial charge in [0, 0.05) is 4.47 Å². The van der Waals surface area contributed by atoms with Gasteiger partial charge in [-0.25, -0.2) is 0 Å². The van der Waals surface area contributed by atoms with Gasteiger partial charge >= 0.3 is 0 Å². The molecule has 5 heteroatoms. The normalized spacial score (nSPS) is 11.8. The van der Waals surface area contributed by atoms with Gasteiger partial charge in [-0.15, -0.1) is 0 Å². The van der Waals surface area contributed by atoms with E-state index < -0.39 is 5.54 Å². The average Bonchev–Trinajstić information content (AvgIpc) is 2.65. The van der Waals surface area contributed by atoms with E-state index in [0.29, 0.717) is 11.7 Å². The molecule has 1 aromatic heterocycles. The molecular weight excluding hydrogens is 282 g/mol. The Morgan fingerprint density at radius 2 is 2.06 bits per heavy atom. The number of nitrogens with two attached hydrogens (primary N) is 1. The summed E-state index contributed by atoms with van der Waals surface area (Å²) < 4.78 is 6.16. The Morgan fingerprint density at radius 3 is 2.59 bits per heavy atom. The fourth-order valence-corrected chi connectivity index (χ4v) is 2.05. The van der Waals surface area contributed by atoms with Gasteiger partial charge in [-0.3, -0.25) is 0 Å². The van der Waals surface area contributed by atoms with Gasteiger partial charge in [-0.2, -0.15) is 4.98 Å². The van der Waals surface area contributed by atoms with E-state index in [2.05, 4.69) is 26.1 Å². The standard InChI is InChI=1S/C12H14BrN3O/c1-7-4-5-8(9(13)6-7)10-15-11(16-17-10)12(2,3)14/h4-6H,14H2,1-3H3. The van der Waals surface area contributed by atoms with Gasteiger partial charge in [-0.1, -0.05) is 11.2 Å². The lowest BCUT2D eigenvalue weighted by Crippen LogP contribution is -2.30. The first-order valence-electron chi connectivity index (χ1n) is 5.27. The molecule has 0 fully saturated rings. The Balaban J connectivity index is 2.44. The molecule has 90 valence electrons. The van der Waals surface area contributed by atoms with Crippen molar-refractivity contribution < 1.29 is 4.52 Å². The summed E-state index contributed by atoms with van der Waals surface area (Å²) >= 11 is 3.48. The lowest BCUT2D eigenvalue weighted by atomic mass is 10.1. The number of aryl methyl sites for hydroxylation is 1. The SMILES string of the molecule is Cc1ccc(-c2nc(C(C)(C)N)no2)c(Br)c1.